The molecule has 9 nitrogen and oxygen atoms in total. The minimum Gasteiger partial charge on any atom is -0.490 e. The Morgan fingerprint density at radius 2 is 2.07 bits per heavy atom. The molecule has 2 aromatic rings. The van der Waals surface area contributed by atoms with Crippen LogP contribution >= 0.6 is 15.9 Å². The molecule has 0 atom stereocenters. The van der Waals surface area contributed by atoms with E-state index in [0.29, 0.717) is 22.4 Å². The van der Waals surface area contributed by atoms with Crippen LogP contribution in [-0.2, 0) is 4.79 Å². The van der Waals surface area contributed by atoms with Crippen LogP contribution in [0.2, 0.25) is 0 Å². The lowest BCUT2D eigenvalue weighted by Gasteiger charge is -2.11. The van der Waals surface area contributed by atoms with E-state index < -0.39 is 10.9 Å². The van der Waals surface area contributed by atoms with E-state index in [4.69, 9.17) is 24.2 Å². The zero-order valence-electron chi connectivity index (χ0n) is 15.0. The zero-order valence-corrected chi connectivity index (χ0v) is 16.6. The summed E-state index contributed by atoms with van der Waals surface area (Å²) in [5.41, 5.74) is 0.236. The number of hydrogen-bond donors (Lipinski definition) is 0. The van der Waals surface area contributed by atoms with Crippen molar-refractivity contribution >= 4 is 33.7 Å². The van der Waals surface area contributed by atoms with Gasteiger partial charge < -0.3 is 18.9 Å². The normalized spacial score (nSPS) is 11.9. The van der Waals surface area contributed by atoms with Crippen LogP contribution in [0.1, 0.15) is 18.1 Å². The molecule has 29 heavy (non-hydrogen) atoms. The fraction of sp³-hybridized carbons (Fsp3) is 0.158. The summed E-state index contributed by atoms with van der Waals surface area (Å²) in [7, 11) is 0. The molecule has 0 saturated heterocycles. The van der Waals surface area contributed by atoms with E-state index >= 15 is 0 Å². The topological polar surface area (TPSA) is 121 Å². The third kappa shape index (κ3) is 4.47. The van der Waals surface area contributed by atoms with Gasteiger partial charge in [0.05, 0.1) is 39.3 Å². The molecular formula is C19H13BrN2O7. The smallest absolute Gasteiger partial charge is 0.336 e. The molecule has 0 saturated carbocycles. The Labute approximate surface area is 173 Å². The second-order valence-corrected chi connectivity index (χ2v) is 6.46. The number of esters is 1. The van der Waals surface area contributed by atoms with Crippen LogP contribution in [0.25, 0.3) is 6.08 Å². The van der Waals surface area contributed by atoms with Gasteiger partial charge in [-0.15, -0.1) is 0 Å². The Morgan fingerprint density at radius 3 is 2.72 bits per heavy atom. The minimum absolute atomic E-state index is 0.0331. The fourth-order valence-corrected chi connectivity index (χ4v) is 3.05. The maximum atomic E-state index is 12.3. The van der Waals surface area contributed by atoms with Crippen molar-refractivity contribution < 1.29 is 28.7 Å². The number of carbonyl (C=O) groups is 1. The first-order valence-corrected chi connectivity index (χ1v) is 9.06. The molecule has 0 bridgehead atoms. The average Bonchev–Trinajstić information content (AvgIpc) is 3.15. The first-order chi connectivity index (χ1) is 13.9. The lowest BCUT2D eigenvalue weighted by atomic mass is 10.1. The van der Waals surface area contributed by atoms with Crippen molar-refractivity contribution in [3.05, 3.63) is 56.1 Å². The van der Waals surface area contributed by atoms with Gasteiger partial charge in [-0.05, 0) is 41.1 Å². The summed E-state index contributed by atoms with van der Waals surface area (Å²) in [6.07, 6.45) is 2.30. The van der Waals surface area contributed by atoms with Crippen molar-refractivity contribution in [1.82, 2.24) is 0 Å². The fourth-order valence-electron chi connectivity index (χ4n) is 2.53. The highest BCUT2D eigenvalue weighted by molar-refractivity contribution is 9.10. The molecule has 0 fully saturated rings. The second-order valence-electron chi connectivity index (χ2n) is 5.61. The quantitative estimate of drug-likeness (QED) is 0.208. The number of hydrogen-bond acceptors (Lipinski definition) is 8. The highest BCUT2D eigenvalue weighted by Gasteiger charge is 2.22. The molecule has 0 aromatic heterocycles. The maximum absolute atomic E-state index is 12.3. The van der Waals surface area contributed by atoms with E-state index in [-0.39, 0.29) is 35.3 Å². The molecule has 1 heterocycles. The molecular weight excluding hydrogens is 448 g/mol. The first kappa shape index (κ1) is 20.2. The molecule has 3 rings (SSSR count). The third-order valence-corrected chi connectivity index (χ3v) is 4.35. The van der Waals surface area contributed by atoms with Crippen molar-refractivity contribution in [3.8, 4) is 29.1 Å². The summed E-state index contributed by atoms with van der Waals surface area (Å²) in [4.78, 5) is 23.0. The SMILES string of the molecule is CCOc1cc(C#N)cc(Br)c1OC(=O)/C=C/c1cc2c(cc1[N+](=O)[O-])OCO2. The van der Waals surface area contributed by atoms with Crippen molar-refractivity contribution in [2.45, 2.75) is 6.92 Å². The molecule has 0 aliphatic carbocycles. The second kappa shape index (κ2) is 8.62. The number of halogens is 1. The van der Waals surface area contributed by atoms with E-state index in [1.165, 1.54) is 30.3 Å². The van der Waals surface area contributed by atoms with Crippen LogP contribution in [-0.4, -0.2) is 24.3 Å². The van der Waals surface area contributed by atoms with Gasteiger partial charge in [-0.2, -0.15) is 5.26 Å². The van der Waals surface area contributed by atoms with Gasteiger partial charge in [0.15, 0.2) is 23.0 Å². The minimum atomic E-state index is -0.789. The predicted molar refractivity (Wildman–Crippen MR) is 104 cm³/mol. The summed E-state index contributed by atoms with van der Waals surface area (Å²) in [6.45, 7) is 2.01. The first-order valence-electron chi connectivity index (χ1n) is 8.27. The Balaban J connectivity index is 1.86. The molecule has 0 amide bonds. The number of carbonyl (C=O) groups excluding carboxylic acids is 1. The van der Waals surface area contributed by atoms with Crippen molar-refractivity contribution in [1.29, 1.82) is 5.26 Å². The standard InChI is InChI=1S/C19H13BrN2O7/c1-2-26-17-6-11(9-21)5-13(20)19(17)29-18(23)4-3-12-7-15-16(28-10-27-15)8-14(12)22(24)25/h3-8H,2,10H2,1H3/b4-3+. The number of nitro groups is 1. The summed E-state index contributed by atoms with van der Waals surface area (Å²) in [5, 5.41) is 20.3. The van der Waals surface area contributed by atoms with Crippen LogP contribution < -0.4 is 18.9 Å². The number of benzene rings is 2. The predicted octanol–water partition coefficient (Wildman–Crippen LogP) is 3.98. The van der Waals surface area contributed by atoms with E-state index in [0.717, 1.165) is 6.08 Å². The number of ether oxygens (including phenoxy) is 4. The molecule has 1 aliphatic rings. The van der Waals surface area contributed by atoms with Crippen molar-refractivity contribution in [2.75, 3.05) is 13.4 Å². The number of nitriles is 1. The highest BCUT2D eigenvalue weighted by Crippen LogP contribution is 2.39. The largest absolute Gasteiger partial charge is 0.490 e. The molecule has 0 spiro atoms. The van der Waals surface area contributed by atoms with Crippen LogP contribution in [0, 0.1) is 21.4 Å². The van der Waals surface area contributed by atoms with E-state index in [9.17, 15) is 14.9 Å². The lowest BCUT2D eigenvalue weighted by Crippen LogP contribution is -2.07. The van der Waals surface area contributed by atoms with Gasteiger partial charge in [-0.25, -0.2) is 4.79 Å². The Kier molecular flexibility index (Phi) is 5.99. The van der Waals surface area contributed by atoms with Gasteiger partial charge in [0, 0.05) is 12.1 Å². The Hall–Kier alpha value is -3.58. The molecule has 2 aromatic carbocycles. The zero-order chi connectivity index (χ0) is 21.0. The van der Waals surface area contributed by atoms with Gasteiger partial charge in [-0.3, -0.25) is 10.1 Å². The van der Waals surface area contributed by atoms with Gasteiger partial charge in [-0.1, -0.05) is 0 Å². The molecule has 10 heteroatoms. The van der Waals surface area contributed by atoms with Crippen LogP contribution in [0.15, 0.2) is 34.8 Å². The molecule has 0 N–H and O–H groups in total. The molecule has 0 unspecified atom stereocenters. The van der Waals surface area contributed by atoms with Gasteiger partial charge in [0.2, 0.25) is 6.79 Å². The van der Waals surface area contributed by atoms with Crippen LogP contribution in [0.4, 0.5) is 5.69 Å². The number of nitro benzene ring substituents is 1. The van der Waals surface area contributed by atoms with E-state index in [2.05, 4.69) is 15.9 Å². The van der Waals surface area contributed by atoms with E-state index in [1.807, 2.05) is 6.07 Å². The maximum Gasteiger partial charge on any atom is 0.336 e. The third-order valence-electron chi connectivity index (χ3n) is 3.76. The van der Waals surface area contributed by atoms with Gasteiger partial charge in [0.1, 0.15) is 0 Å². The average molecular weight is 461 g/mol. The molecule has 1 aliphatic heterocycles. The van der Waals surface area contributed by atoms with Crippen molar-refractivity contribution in [3.63, 3.8) is 0 Å². The summed E-state index contributed by atoms with van der Waals surface area (Å²) in [5.74, 6) is 0.134. The Morgan fingerprint density at radius 1 is 1.34 bits per heavy atom. The number of rotatable bonds is 6. The van der Waals surface area contributed by atoms with Crippen molar-refractivity contribution in [2.24, 2.45) is 0 Å². The molecule has 148 valence electrons. The number of fused-ring (bicyclic) bond motifs is 1. The molecule has 0 radical (unpaired) electrons. The lowest BCUT2D eigenvalue weighted by molar-refractivity contribution is -0.385. The summed E-state index contributed by atoms with van der Waals surface area (Å²) >= 11 is 3.25. The Bertz CT molecular complexity index is 1060. The number of nitrogens with zero attached hydrogens (tertiary/aromatic N) is 2. The van der Waals surface area contributed by atoms with Crippen LogP contribution in [0.5, 0.6) is 23.0 Å². The summed E-state index contributed by atoms with van der Waals surface area (Å²) in [6, 6.07) is 7.56. The monoisotopic (exact) mass is 460 g/mol. The summed E-state index contributed by atoms with van der Waals surface area (Å²) < 4.78 is 21.4. The van der Waals surface area contributed by atoms with Gasteiger partial charge in [0.25, 0.3) is 5.69 Å². The van der Waals surface area contributed by atoms with Crippen LogP contribution in [0.3, 0.4) is 0 Å². The van der Waals surface area contributed by atoms with E-state index in [1.54, 1.807) is 6.92 Å². The van der Waals surface area contributed by atoms with Gasteiger partial charge >= 0.3 is 5.97 Å². The highest BCUT2D eigenvalue weighted by atomic mass is 79.9.